The molecular formula is C5H5NO3. The van der Waals surface area contributed by atoms with E-state index in [1.165, 1.54) is 6.92 Å². The Morgan fingerprint density at radius 1 is 1.89 bits per heavy atom. The quantitative estimate of drug-likeness (QED) is 0.560. The van der Waals surface area contributed by atoms with Crippen molar-refractivity contribution in [3.8, 4) is 5.75 Å². The summed E-state index contributed by atoms with van der Waals surface area (Å²) in [5.74, 6) is -0.510. The number of aromatic nitrogens is 1. The second-order valence-electron chi connectivity index (χ2n) is 1.60. The second-order valence-corrected chi connectivity index (χ2v) is 1.60. The van der Waals surface area contributed by atoms with E-state index in [0.29, 0.717) is 0 Å². The van der Waals surface area contributed by atoms with E-state index in [1.54, 1.807) is 0 Å². The van der Waals surface area contributed by atoms with E-state index in [2.05, 4.69) is 9.68 Å². The zero-order valence-corrected chi connectivity index (χ0v) is 4.79. The molecule has 0 unspecified atom stereocenters. The van der Waals surface area contributed by atoms with Gasteiger partial charge in [0, 0.05) is 6.92 Å². The summed E-state index contributed by atoms with van der Waals surface area (Å²) < 4.78 is 4.29. The summed E-state index contributed by atoms with van der Waals surface area (Å²) in [6, 6.07) is 0. The Labute approximate surface area is 51.1 Å². The number of aromatic hydroxyl groups is 1. The van der Waals surface area contributed by atoms with E-state index in [4.69, 9.17) is 5.11 Å². The molecule has 9 heavy (non-hydrogen) atoms. The minimum Gasteiger partial charge on any atom is -0.503 e. The summed E-state index contributed by atoms with van der Waals surface area (Å²) in [5.41, 5.74) is -0.0185. The standard InChI is InChI=1S/C5H5NO3/c1-3(7)5-4(8)2-9-6-5/h2,8H,1H3. The highest BCUT2D eigenvalue weighted by molar-refractivity contribution is 5.94. The smallest absolute Gasteiger partial charge is 0.190 e. The topological polar surface area (TPSA) is 63.3 Å². The maximum absolute atomic E-state index is 10.4. The van der Waals surface area contributed by atoms with Crippen molar-refractivity contribution >= 4 is 5.78 Å². The van der Waals surface area contributed by atoms with Crippen molar-refractivity contribution in [3.63, 3.8) is 0 Å². The molecule has 0 amide bonds. The first kappa shape index (κ1) is 5.81. The van der Waals surface area contributed by atoms with Crippen LogP contribution in [0.4, 0.5) is 0 Å². The first-order valence-electron chi connectivity index (χ1n) is 2.36. The van der Waals surface area contributed by atoms with Gasteiger partial charge in [0.1, 0.15) is 0 Å². The van der Waals surface area contributed by atoms with Crippen LogP contribution < -0.4 is 0 Å². The van der Waals surface area contributed by atoms with Gasteiger partial charge in [-0.05, 0) is 0 Å². The lowest BCUT2D eigenvalue weighted by Crippen LogP contribution is -1.90. The molecule has 0 aliphatic carbocycles. The Balaban J connectivity index is 3.08. The van der Waals surface area contributed by atoms with Crippen molar-refractivity contribution in [1.29, 1.82) is 0 Å². The monoisotopic (exact) mass is 127 g/mol. The fourth-order valence-electron chi connectivity index (χ4n) is 0.476. The molecule has 1 aromatic rings. The summed E-state index contributed by atoms with van der Waals surface area (Å²) in [6.07, 6.45) is 1.01. The van der Waals surface area contributed by atoms with E-state index >= 15 is 0 Å². The molecule has 0 spiro atoms. The summed E-state index contributed by atoms with van der Waals surface area (Å²) in [4.78, 5) is 10.4. The van der Waals surface area contributed by atoms with E-state index < -0.39 is 0 Å². The van der Waals surface area contributed by atoms with E-state index in [0.717, 1.165) is 6.26 Å². The number of ketones is 1. The van der Waals surface area contributed by atoms with Crippen LogP contribution in [0.2, 0.25) is 0 Å². The summed E-state index contributed by atoms with van der Waals surface area (Å²) >= 11 is 0. The predicted molar refractivity (Wildman–Crippen MR) is 28.2 cm³/mol. The lowest BCUT2D eigenvalue weighted by atomic mass is 10.3. The highest BCUT2D eigenvalue weighted by atomic mass is 16.5. The molecule has 0 saturated heterocycles. The first-order valence-corrected chi connectivity index (χ1v) is 2.36. The maximum Gasteiger partial charge on any atom is 0.190 e. The largest absolute Gasteiger partial charge is 0.503 e. The van der Waals surface area contributed by atoms with Gasteiger partial charge >= 0.3 is 0 Å². The zero-order valence-electron chi connectivity index (χ0n) is 4.79. The Morgan fingerprint density at radius 3 is 2.78 bits per heavy atom. The van der Waals surface area contributed by atoms with Crippen LogP contribution in [0.5, 0.6) is 5.75 Å². The van der Waals surface area contributed by atoms with E-state index in [1.807, 2.05) is 0 Å². The third-order valence-electron chi connectivity index (χ3n) is 0.884. The fourth-order valence-corrected chi connectivity index (χ4v) is 0.476. The summed E-state index contributed by atoms with van der Waals surface area (Å²) in [7, 11) is 0. The molecule has 1 N–H and O–H groups in total. The maximum atomic E-state index is 10.4. The van der Waals surface area contributed by atoms with Crippen LogP contribution in [0.15, 0.2) is 10.8 Å². The Kier molecular flexibility index (Phi) is 1.22. The molecule has 0 radical (unpaired) electrons. The minimum absolute atomic E-state index is 0.0185. The number of carbonyl (C=O) groups is 1. The predicted octanol–water partition coefficient (Wildman–Crippen LogP) is 0.583. The number of rotatable bonds is 1. The van der Waals surface area contributed by atoms with Gasteiger partial charge in [0.25, 0.3) is 0 Å². The fraction of sp³-hybridized carbons (Fsp3) is 0.200. The molecule has 4 nitrogen and oxygen atoms in total. The van der Waals surface area contributed by atoms with Crippen molar-refractivity contribution in [3.05, 3.63) is 12.0 Å². The number of nitrogens with zero attached hydrogens (tertiary/aromatic N) is 1. The summed E-state index contributed by atoms with van der Waals surface area (Å²) in [6.45, 7) is 1.30. The Bertz CT molecular complexity index is 228. The molecule has 48 valence electrons. The van der Waals surface area contributed by atoms with Crippen molar-refractivity contribution in [2.24, 2.45) is 0 Å². The van der Waals surface area contributed by atoms with Crippen LogP contribution in [0.25, 0.3) is 0 Å². The lowest BCUT2D eigenvalue weighted by molar-refractivity contribution is 0.100. The average Bonchev–Trinajstić information content (AvgIpc) is 2.13. The van der Waals surface area contributed by atoms with Crippen LogP contribution in [-0.2, 0) is 0 Å². The molecule has 0 bridgehead atoms. The van der Waals surface area contributed by atoms with Gasteiger partial charge in [0.2, 0.25) is 0 Å². The van der Waals surface area contributed by atoms with Crippen LogP contribution >= 0.6 is 0 Å². The molecule has 0 atom stereocenters. The third kappa shape index (κ3) is 0.910. The first-order chi connectivity index (χ1) is 4.22. The molecular weight excluding hydrogens is 122 g/mol. The molecule has 0 aliphatic heterocycles. The molecule has 4 heteroatoms. The van der Waals surface area contributed by atoms with Gasteiger partial charge in [0.15, 0.2) is 23.5 Å². The van der Waals surface area contributed by atoms with Gasteiger partial charge < -0.3 is 9.63 Å². The Hall–Kier alpha value is -1.32. The highest BCUT2D eigenvalue weighted by Crippen LogP contribution is 2.13. The molecule has 0 aromatic carbocycles. The van der Waals surface area contributed by atoms with Crippen molar-refractivity contribution in [2.75, 3.05) is 0 Å². The third-order valence-corrected chi connectivity index (χ3v) is 0.884. The normalized spacial score (nSPS) is 9.44. The van der Waals surface area contributed by atoms with Gasteiger partial charge in [-0.3, -0.25) is 4.79 Å². The van der Waals surface area contributed by atoms with Crippen molar-refractivity contribution < 1.29 is 14.4 Å². The molecule has 1 heterocycles. The highest BCUT2D eigenvalue weighted by Gasteiger charge is 2.09. The van der Waals surface area contributed by atoms with Gasteiger partial charge in [-0.2, -0.15) is 0 Å². The SMILES string of the molecule is CC(=O)c1nocc1O. The van der Waals surface area contributed by atoms with Crippen LogP contribution in [0.1, 0.15) is 17.4 Å². The number of hydrogen-bond acceptors (Lipinski definition) is 4. The second kappa shape index (κ2) is 1.89. The number of carbonyl (C=O) groups excluding carboxylic acids is 1. The van der Waals surface area contributed by atoms with Crippen LogP contribution in [0.3, 0.4) is 0 Å². The van der Waals surface area contributed by atoms with Gasteiger partial charge in [-0.25, -0.2) is 0 Å². The number of Topliss-reactive ketones (excluding diaryl/α,β-unsaturated/α-hetero) is 1. The van der Waals surface area contributed by atoms with Crippen molar-refractivity contribution in [2.45, 2.75) is 6.92 Å². The van der Waals surface area contributed by atoms with E-state index in [9.17, 15) is 4.79 Å². The van der Waals surface area contributed by atoms with Crippen LogP contribution in [-0.4, -0.2) is 16.0 Å². The van der Waals surface area contributed by atoms with Crippen molar-refractivity contribution in [1.82, 2.24) is 5.16 Å². The molecule has 0 saturated carbocycles. The molecule has 0 fully saturated rings. The molecule has 1 rings (SSSR count). The zero-order chi connectivity index (χ0) is 6.85. The lowest BCUT2D eigenvalue weighted by Gasteiger charge is -1.82. The van der Waals surface area contributed by atoms with Gasteiger partial charge in [0.05, 0.1) is 0 Å². The van der Waals surface area contributed by atoms with E-state index in [-0.39, 0.29) is 17.2 Å². The van der Waals surface area contributed by atoms with Gasteiger partial charge in [-0.1, -0.05) is 5.16 Å². The van der Waals surface area contributed by atoms with Gasteiger partial charge in [-0.15, -0.1) is 0 Å². The molecule has 1 aromatic heterocycles. The Morgan fingerprint density at radius 2 is 2.56 bits per heavy atom. The molecule has 0 aliphatic rings. The van der Waals surface area contributed by atoms with Crippen LogP contribution in [0, 0.1) is 0 Å². The average molecular weight is 127 g/mol. The summed E-state index contributed by atoms with van der Waals surface area (Å²) in [5, 5.41) is 12.0. The minimum atomic E-state index is -0.304. The number of hydrogen-bond donors (Lipinski definition) is 1.